The standard InChI is InChI=1S/C16H10BrCl2NO3/c17-9-2-4-13-10(6-9)16(23,15(22)20-13)7-14(21)8-1-3-11(18)12(19)5-8/h1-6,23H,7H2,(H,20,22)/t16-/m0/s1. The number of amides is 1. The molecule has 1 aliphatic rings. The molecular formula is C16H10BrCl2NO3. The molecule has 0 saturated heterocycles. The van der Waals surface area contributed by atoms with E-state index >= 15 is 0 Å². The van der Waals surface area contributed by atoms with Crippen LogP contribution in [0.2, 0.25) is 10.0 Å². The molecule has 118 valence electrons. The summed E-state index contributed by atoms with van der Waals surface area (Å²) in [5.41, 5.74) is -0.778. The number of anilines is 1. The van der Waals surface area contributed by atoms with Gasteiger partial charge in [-0.2, -0.15) is 0 Å². The molecule has 23 heavy (non-hydrogen) atoms. The number of benzene rings is 2. The van der Waals surface area contributed by atoms with Gasteiger partial charge in [0.2, 0.25) is 0 Å². The number of aliphatic hydroxyl groups is 1. The Morgan fingerprint density at radius 3 is 2.61 bits per heavy atom. The molecule has 1 atom stereocenters. The van der Waals surface area contributed by atoms with E-state index in [9.17, 15) is 14.7 Å². The van der Waals surface area contributed by atoms with Gasteiger partial charge in [0.15, 0.2) is 11.4 Å². The van der Waals surface area contributed by atoms with Crippen LogP contribution in [0.1, 0.15) is 22.3 Å². The van der Waals surface area contributed by atoms with Crippen molar-refractivity contribution in [2.45, 2.75) is 12.0 Å². The molecule has 2 N–H and O–H groups in total. The molecule has 0 bridgehead atoms. The Morgan fingerprint density at radius 2 is 1.91 bits per heavy atom. The van der Waals surface area contributed by atoms with Crippen LogP contribution >= 0.6 is 39.1 Å². The third-order valence-electron chi connectivity index (χ3n) is 3.71. The first-order chi connectivity index (χ1) is 10.8. The molecule has 2 aromatic carbocycles. The summed E-state index contributed by atoms with van der Waals surface area (Å²) >= 11 is 15.0. The average molecular weight is 415 g/mol. The number of nitrogens with one attached hydrogen (secondary N) is 1. The Morgan fingerprint density at radius 1 is 1.17 bits per heavy atom. The molecule has 0 aliphatic carbocycles. The molecule has 7 heteroatoms. The highest BCUT2D eigenvalue weighted by Gasteiger charge is 2.46. The average Bonchev–Trinajstić information content (AvgIpc) is 2.73. The number of fused-ring (bicyclic) bond motifs is 1. The van der Waals surface area contributed by atoms with Crippen LogP contribution in [0.3, 0.4) is 0 Å². The summed E-state index contributed by atoms with van der Waals surface area (Å²) in [6.07, 6.45) is -0.389. The van der Waals surface area contributed by atoms with Crippen molar-refractivity contribution < 1.29 is 14.7 Å². The molecule has 0 saturated carbocycles. The number of ketones is 1. The summed E-state index contributed by atoms with van der Waals surface area (Å²) in [7, 11) is 0. The number of carbonyl (C=O) groups excluding carboxylic acids is 2. The van der Waals surface area contributed by atoms with Crippen molar-refractivity contribution in [2.75, 3.05) is 5.32 Å². The first kappa shape index (κ1) is 16.5. The largest absolute Gasteiger partial charge is 0.375 e. The molecule has 4 nitrogen and oxygen atoms in total. The molecule has 0 spiro atoms. The summed E-state index contributed by atoms with van der Waals surface area (Å²) in [5, 5.41) is 13.9. The molecule has 0 aromatic heterocycles. The van der Waals surface area contributed by atoms with Gasteiger partial charge in [-0.1, -0.05) is 39.1 Å². The van der Waals surface area contributed by atoms with Crippen LogP contribution in [-0.2, 0) is 10.4 Å². The number of Topliss-reactive ketones (excluding diaryl/α,β-unsaturated/α-hetero) is 1. The fraction of sp³-hybridized carbons (Fsp3) is 0.125. The Kier molecular flexibility index (Phi) is 4.23. The molecule has 0 unspecified atom stereocenters. The first-order valence-electron chi connectivity index (χ1n) is 6.63. The minimum Gasteiger partial charge on any atom is -0.375 e. The number of halogens is 3. The van der Waals surface area contributed by atoms with Crippen molar-refractivity contribution in [3.05, 3.63) is 62.0 Å². The van der Waals surface area contributed by atoms with Gasteiger partial charge in [-0.15, -0.1) is 0 Å². The van der Waals surface area contributed by atoms with E-state index in [-0.39, 0.29) is 17.0 Å². The maximum atomic E-state index is 12.5. The zero-order valence-corrected chi connectivity index (χ0v) is 14.7. The van der Waals surface area contributed by atoms with Crippen molar-refractivity contribution >= 4 is 56.5 Å². The SMILES string of the molecule is O=C(C[C@@]1(O)C(=O)Nc2ccc(Br)cc21)c1ccc(Cl)c(Cl)c1. The second-order valence-corrected chi connectivity index (χ2v) is 6.96. The van der Waals surface area contributed by atoms with Gasteiger partial charge in [-0.25, -0.2) is 0 Å². The lowest BCUT2D eigenvalue weighted by Gasteiger charge is -2.20. The number of carbonyl (C=O) groups is 2. The highest BCUT2D eigenvalue weighted by Crippen LogP contribution is 2.40. The zero-order chi connectivity index (χ0) is 16.8. The molecule has 3 rings (SSSR count). The first-order valence-corrected chi connectivity index (χ1v) is 8.18. The lowest BCUT2D eigenvalue weighted by molar-refractivity contribution is -0.133. The Hall–Kier alpha value is -1.40. The highest BCUT2D eigenvalue weighted by molar-refractivity contribution is 9.10. The van der Waals surface area contributed by atoms with E-state index in [1.54, 1.807) is 18.2 Å². The van der Waals surface area contributed by atoms with Crippen LogP contribution in [0.4, 0.5) is 5.69 Å². The van der Waals surface area contributed by atoms with Gasteiger partial charge in [-0.3, -0.25) is 9.59 Å². The summed E-state index contributed by atoms with van der Waals surface area (Å²) < 4.78 is 0.702. The van der Waals surface area contributed by atoms with Crippen LogP contribution < -0.4 is 5.32 Å². The number of hydrogen-bond donors (Lipinski definition) is 2. The lowest BCUT2D eigenvalue weighted by atomic mass is 9.88. The fourth-order valence-electron chi connectivity index (χ4n) is 2.50. The maximum absolute atomic E-state index is 12.5. The predicted molar refractivity (Wildman–Crippen MR) is 92.1 cm³/mol. The second-order valence-electron chi connectivity index (χ2n) is 5.23. The predicted octanol–water partition coefficient (Wildman–Crippen LogP) is 4.17. The molecular weight excluding hydrogens is 405 g/mol. The van der Waals surface area contributed by atoms with Gasteiger partial charge in [-0.05, 0) is 36.4 Å². The summed E-state index contributed by atoms with van der Waals surface area (Å²) in [5.74, 6) is -1.03. The Balaban J connectivity index is 1.95. The number of rotatable bonds is 3. The highest BCUT2D eigenvalue weighted by atomic mass is 79.9. The summed E-state index contributed by atoms with van der Waals surface area (Å²) in [6, 6.07) is 9.46. The second kappa shape index (κ2) is 5.91. The van der Waals surface area contributed by atoms with Crippen molar-refractivity contribution in [2.24, 2.45) is 0 Å². The molecule has 0 fully saturated rings. The van der Waals surface area contributed by atoms with E-state index in [0.717, 1.165) is 0 Å². The van der Waals surface area contributed by atoms with Crippen LogP contribution in [0.5, 0.6) is 0 Å². The molecule has 0 radical (unpaired) electrons. The van der Waals surface area contributed by atoms with Gasteiger partial charge >= 0.3 is 0 Å². The van der Waals surface area contributed by atoms with Crippen LogP contribution in [0.15, 0.2) is 40.9 Å². The van der Waals surface area contributed by atoms with Crippen LogP contribution in [0.25, 0.3) is 0 Å². The summed E-state index contributed by atoms with van der Waals surface area (Å²) in [6.45, 7) is 0. The van der Waals surface area contributed by atoms with E-state index in [1.165, 1.54) is 18.2 Å². The third kappa shape index (κ3) is 2.90. The Bertz CT molecular complexity index is 840. The van der Waals surface area contributed by atoms with Crippen LogP contribution in [0, 0.1) is 0 Å². The van der Waals surface area contributed by atoms with E-state index in [4.69, 9.17) is 23.2 Å². The molecule has 2 aromatic rings. The topological polar surface area (TPSA) is 66.4 Å². The van der Waals surface area contributed by atoms with Gasteiger partial charge in [0.05, 0.1) is 16.5 Å². The Labute approximate surface area is 150 Å². The normalized spacial score (nSPS) is 19.4. The monoisotopic (exact) mass is 413 g/mol. The van der Waals surface area contributed by atoms with Crippen molar-refractivity contribution in [1.82, 2.24) is 0 Å². The van der Waals surface area contributed by atoms with E-state index in [1.807, 2.05) is 0 Å². The molecule has 1 aliphatic heterocycles. The quantitative estimate of drug-likeness (QED) is 0.740. The van der Waals surface area contributed by atoms with Gasteiger partial charge in [0.25, 0.3) is 5.91 Å². The molecule has 1 heterocycles. The maximum Gasteiger partial charge on any atom is 0.261 e. The minimum absolute atomic E-state index is 0.239. The van der Waals surface area contributed by atoms with Gasteiger partial charge in [0, 0.05) is 21.3 Å². The number of hydrogen-bond acceptors (Lipinski definition) is 3. The van der Waals surface area contributed by atoms with E-state index < -0.39 is 17.3 Å². The van der Waals surface area contributed by atoms with E-state index in [2.05, 4.69) is 21.2 Å². The van der Waals surface area contributed by atoms with Gasteiger partial charge in [0.1, 0.15) is 0 Å². The van der Waals surface area contributed by atoms with Crippen molar-refractivity contribution in [3.63, 3.8) is 0 Å². The van der Waals surface area contributed by atoms with Crippen LogP contribution in [-0.4, -0.2) is 16.8 Å². The van der Waals surface area contributed by atoms with Gasteiger partial charge < -0.3 is 10.4 Å². The third-order valence-corrected chi connectivity index (χ3v) is 4.94. The molecule has 1 amide bonds. The zero-order valence-electron chi connectivity index (χ0n) is 11.6. The smallest absolute Gasteiger partial charge is 0.261 e. The van der Waals surface area contributed by atoms with E-state index in [0.29, 0.717) is 20.7 Å². The fourth-order valence-corrected chi connectivity index (χ4v) is 3.15. The summed E-state index contributed by atoms with van der Waals surface area (Å²) in [4.78, 5) is 24.6. The lowest BCUT2D eigenvalue weighted by Crippen LogP contribution is -2.36. The van der Waals surface area contributed by atoms with Crippen molar-refractivity contribution in [3.8, 4) is 0 Å². The van der Waals surface area contributed by atoms with Crippen molar-refractivity contribution in [1.29, 1.82) is 0 Å². The minimum atomic E-state index is -1.91.